The van der Waals surface area contributed by atoms with Gasteiger partial charge in [0, 0.05) is 4.47 Å². The van der Waals surface area contributed by atoms with Gasteiger partial charge in [0.15, 0.2) is 0 Å². The lowest BCUT2D eigenvalue weighted by Crippen LogP contribution is -2.06. The summed E-state index contributed by atoms with van der Waals surface area (Å²) in [4.78, 5) is 0. The standard InChI is InChI=1S/C10H11BrO/c1-7-2-3-8(11)6-9(7)10(12)4-5-10/h2-3,6,12H,4-5H2,1H3. The SMILES string of the molecule is Cc1ccc(Br)cc1C1(O)CC1. The zero-order valence-corrected chi connectivity index (χ0v) is 8.56. The second-order valence-corrected chi connectivity index (χ2v) is 4.41. The molecule has 1 aromatic rings. The van der Waals surface area contributed by atoms with Gasteiger partial charge in [0.05, 0.1) is 5.60 Å². The molecular formula is C10H11BrO. The van der Waals surface area contributed by atoms with Crippen molar-refractivity contribution in [2.24, 2.45) is 0 Å². The Labute approximate surface area is 80.5 Å². The number of benzene rings is 1. The first-order chi connectivity index (χ1) is 5.62. The van der Waals surface area contributed by atoms with Crippen LogP contribution in [0.4, 0.5) is 0 Å². The van der Waals surface area contributed by atoms with Gasteiger partial charge in [-0.25, -0.2) is 0 Å². The van der Waals surface area contributed by atoms with Crippen LogP contribution in [0.3, 0.4) is 0 Å². The summed E-state index contributed by atoms with van der Waals surface area (Å²) >= 11 is 3.41. The largest absolute Gasteiger partial charge is 0.385 e. The zero-order valence-electron chi connectivity index (χ0n) is 6.97. The van der Waals surface area contributed by atoms with Crippen LogP contribution in [0.2, 0.25) is 0 Å². The van der Waals surface area contributed by atoms with Crippen molar-refractivity contribution in [3.05, 3.63) is 33.8 Å². The van der Waals surface area contributed by atoms with Crippen LogP contribution in [-0.2, 0) is 5.60 Å². The minimum Gasteiger partial charge on any atom is -0.385 e. The Bertz CT molecular complexity index is 316. The average Bonchev–Trinajstić information content (AvgIpc) is 2.75. The van der Waals surface area contributed by atoms with Gasteiger partial charge in [-0.2, -0.15) is 0 Å². The van der Waals surface area contributed by atoms with Gasteiger partial charge in [0.2, 0.25) is 0 Å². The van der Waals surface area contributed by atoms with Crippen molar-refractivity contribution >= 4 is 15.9 Å². The van der Waals surface area contributed by atoms with Crippen LogP contribution in [0.1, 0.15) is 24.0 Å². The third kappa shape index (κ3) is 1.29. The summed E-state index contributed by atoms with van der Waals surface area (Å²) in [7, 11) is 0. The minimum absolute atomic E-state index is 0.506. The lowest BCUT2D eigenvalue weighted by atomic mass is 10.0. The number of hydrogen-bond donors (Lipinski definition) is 1. The predicted octanol–water partition coefficient (Wildman–Crippen LogP) is 2.74. The van der Waals surface area contributed by atoms with Crippen molar-refractivity contribution in [3.63, 3.8) is 0 Å². The molecule has 2 heteroatoms. The van der Waals surface area contributed by atoms with E-state index in [4.69, 9.17) is 0 Å². The molecule has 1 aliphatic rings. The molecular weight excluding hydrogens is 216 g/mol. The Balaban J connectivity index is 2.48. The summed E-state index contributed by atoms with van der Waals surface area (Å²) < 4.78 is 1.04. The molecule has 12 heavy (non-hydrogen) atoms. The van der Waals surface area contributed by atoms with E-state index in [1.54, 1.807) is 0 Å². The molecule has 0 radical (unpaired) electrons. The number of hydrogen-bond acceptors (Lipinski definition) is 1. The fourth-order valence-electron chi connectivity index (χ4n) is 1.48. The van der Waals surface area contributed by atoms with E-state index in [0.29, 0.717) is 0 Å². The van der Waals surface area contributed by atoms with Crippen LogP contribution in [0.5, 0.6) is 0 Å². The second-order valence-electron chi connectivity index (χ2n) is 3.49. The topological polar surface area (TPSA) is 20.2 Å². The maximum atomic E-state index is 9.88. The molecule has 1 nitrogen and oxygen atoms in total. The van der Waals surface area contributed by atoms with E-state index in [0.717, 1.165) is 22.9 Å². The number of aliphatic hydroxyl groups is 1. The molecule has 0 spiro atoms. The van der Waals surface area contributed by atoms with Crippen LogP contribution in [0.25, 0.3) is 0 Å². The number of rotatable bonds is 1. The molecule has 1 aromatic carbocycles. The van der Waals surface area contributed by atoms with Gasteiger partial charge in [-0.1, -0.05) is 22.0 Å². The van der Waals surface area contributed by atoms with Gasteiger partial charge in [0.1, 0.15) is 0 Å². The van der Waals surface area contributed by atoms with Gasteiger partial charge in [0.25, 0.3) is 0 Å². The molecule has 0 heterocycles. The third-order valence-electron chi connectivity index (χ3n) is 2.42. The van der Waals surface area contributed by atoms with E-state index < -0.39 is 5.60 Å². The van der Waals surface area contributed by atoms with E-state index in [9.17, 15) is 5.11 Å². The zero-order chi connectivity index (χ0) is 8.77. The smallest absolute Gasteiger partial charge is 0.0901 e. The maximum absolute atomic E-state index is 9.88. The van der Waals surface area contributed by atoms with E-state index in [1.165, 1.54) is 5.56 Å². The van der Waals surface area contributed by atoms with Crippen molar-refractivity contribution in [2.75, 3.05) is 0 Å². The lowest BCUT2D eigenvalue weighted by molar-refractivity contribution is 0.150. The van der Waals surface area contributed by atoms with Crippen molar-refractivity contribution < 1.29 is 5.11 Å². The van der Waals surface area contributed by atoms with Gasteiger partial charge >= 0.3 is 0 Å². The monoisotopic (exact) mass is 226 g/mol. The normalized spacial score (nSPS) is 19.2. The van der Waals surface area contributed by atoms with E-state index in [2.05, 4.69) is 15.9 Å². The molecule has 2 rings (SSSR count). The first-order valence-electron chi connectivity index (χ1n) is 4.11. The summed E-state index contributed by atoms with van der Waals surface area (Å²) in [6, 6.07) is 6.06. The van der Waals surface area contributed by atoms with E-state index >= 15 is 0 Å². The molecule has 0 unspecified atom stereocenters. The highest BCUT2D eigenvalue weighted by Crippen LogP contribution is 2.46. The van der Waals surface area contributed by atoms with Crippen molar-refractivity contribution in [3.8, 4) is 0 Å². The first-order valence-corrected chi connectivity index (χ1v) is 4.90. The molecule has 64 valence electrons. The van der Waals surface area contributed by atoms with Gasteiger partial charge in [-0.3, -0.25) is 0 Å². The summed E-state index contributed by atoms with van der Waals surface area (Å²) in [5.74, 6) is 0. The highest BCUT2D eigenvalue weighted by Gasteiger charge is 2.42. The van der Waals surface area contributed by atoms with Crippen LogP contribution in [0.15, 0.2) is 22.7 Å². The van der Waals surface area contributed by atoms with Gasteiger partial charge < -0.3 is 5.11 Å². The first kappa shape index (κ1) is 8.27. The Kier molecular flexibility index (Phi) is 1.77. The summed E-state index contributed by atoms with van der Waals surface area (Å²) in [6.45, 7) is 2.04. The quantitative estimate of drug-likeness (QED) is 0.782. The summed E-state index contributed by atoms with van der Waals surface area (Å²) in [5.41, 5.74) is 1.75. The molecule has 0 aromatic heterocycles. The third-order valence-corrected chi connectivity index (χ3v) is 2.92. The molecule has 0 saturated heterocycles. The average molecular weight is 227 g/mol. The van der Waals surface area contributed by atoms with Gasteiger partial charge in [-0.05, 0) is 43.0 Å². The number of aryl methyl sites for hydroxylation is 1. The predicted molar refractivity (Wildman–Crippen MR) is 52.0 cm³/mol. The van der Waals surface area contributed by atoms with Crippen molar-refractivity contribution in [2.45, 2.75) is 25.4 Å². The highest BCUT2D eigenvalue weighted by atomic mass is 79.9. The van der Waals surface area contributed by atoms with Gasteiger partial charge in [-0.15, -0.1) is 0 Å². The van der Waals surface area contributed by atoms with E-state index in [1.807, 2.05) is 25.1 Å². The fourth-order valence-corrected chi connectivity index (χ4v) is 1.84. The molecule has 1 aliphatic carbocycles. The number of halogens is 1. The Morgan fingerprint density at radius 1 is 1.42 bits per heavy atom. The summed E-state index contributed by atoms with van der Waals surface area (Å²) in [5, 5.41) is 9.88. The van der Waals surface area contributed by atoms with Crippen LogP contribution in [0, 0.1) is 6.92 Å². The fraction of sp³-hybridized carbons (Fsp3) is 0.400. The van der Waals surface area contributed by atoms with Crippen LogP contribution in [-0.4, -0.2) is 5.11 Å². The highest BCUT2D eigenvalue weighted by molar-refractivity contribution is 9.10. The molecule has 0 amide bonds. The lowest BCUT2D eigenvalue weighted by Gasteiger charge is -2.11. The molecule has 0 aliphatic heterocycles. The summed E-state index contributed by atoms with van der Waals surface area (Å²) in [6.07, 6.45) is 1.81. The molecule has 1 saturated carbocycles. The Morgan fingerprint density at radius 2 is 2.08 bits per heavy atom. The van der Waals surface area contributed by atoms with E-state index in [-0.39, 0.29) is 0 Å². The van der Waals surface area contributed by atoms with Crippen LogP contribution >= 0.6 is 15.9 Å². The molecule has 0 bridgehead atoms. The molecule has 0 atom stereocenters. The Hall–Kier alpha value is -0.340. The van der Waals surface area contributed by atoms with Crippen molar-refractivity contribution in [1.29, 1.82) is 0 Å². The Morgan fingerprint density at radius 3 is 2.67 bits per heavy atom. The van der Waals surface area contributed by atoms with Crippen LogP contribution < -0.4 is 0 Å². The minimum atomic E-state index is -0.506. The maximum Gasteiger partial charge on any atom is 0.0901 e. The molecule has 1 N–H and O–H groups in total. The second kappa shape index (κ2) is 2.57. The molecule has 1 fully saturated rings. The van der Waals surface area contributed by atoms with Crippen molar-refractivity contribution in [1.82, 2.24) is 0 Å².